The van der Waals surface area contributed by atoms with Crippen molar-refractivity contribution in [1.29, 1.82) is 0 Å². The summed E-state index contributed by atoms with van der Waals surface area (Å²) in [6.45, 7) is 4.39. The first-order chi connectivity index (χ1) is 8.50. The van der Waals surface area contributed by atoms with E-state index in [2.05, 4.69) is 5.32 Å². The molecule has 0 saturated carbocycles. The van der Waals surface area contributed by atoms with E-state index < -0.39 is 0 Å². The summed E-state index contributed by atoms with van der Waals surface area (Å²) in [7, 11) is 1.90. The smallest absolute Gasteiger partial charge is 0.178 e. The number of hydrogen-bond acceptors (Lipinski definition) is 2. The predicted octanol–water partition coefficient (Wildman–Crippen LogP) is 3.01. The number of carbonyl (C=O) groups excluding carboxylic acids is 1. The topological polar surface area (TPSA) is 34.0 Å². The molecular formula is C14H17ClN2O. The molecule has 0 atom stereocenters. The van der Waals surface area contributed by atoms with Gasteiger partial charge in [-0.25, -0.2) is 0 Å². The van der Waals surface area contributed by atoms with Crippen LogP contribution in [0.1, 0.15) is 24.2 Å². The van der Waals surface area contributed by atoms with E-state index in [4.69, 9.17) is 11.6 Å². The van der Waals surface area contributed by atoms with Gasteiger partial charge in [0.1, 0.15) is 0 Å². The average molecular weight is 265 g/mol. The van der Waals surface area contributed by atoms with E-state index in [0.717, 1.165) is 16.5 Å². The Balaban J connectivity index is 2.40. The number of para-hydroxylation sites is 1. The minimum Gasteiger partial charge on any atom is -0.349 e. The largest absolute Gasteiger partial charge is 0.349 e. The molecule has 0 unspecified atom stereocenters. The lowest BCUT2D eigenvalue weighted by Crippen LogP contribution is -2.29. The van der Waals surface area contributed by atoms with Crippen LogP contribution >= 0.6 is 11.6 Å². The molecular weight excluding hydrogens is 248 g/mol. The van der Waals surface area contributed by atoms with E-state index in [0.29, 0.717) is 17.6 Å². The van der Waals surface area contributed by atoms with E-state index in [1.165, 1.54) is 0 Å². The number of nitrogens with one attached hydrogen (secondary N) is 1. The van der Waals surface area contributed by atoms with Gasteiger partial charge in [-0.05, 0) is 6.07 Å². The fourth-order valence-corrected chi connectivity index (χ4v) is 2.34. The first kappa shape index (κ1) is 13.1. The number of nitrogens with zero attached hydrogens (tertiary/aromatic N) is 1. The number of benzene rings is 1. The maximum absolute atomic E-state index is 12.2. The van der Waals surface area contributed by atoms with Crippen molar-refractivity contribution >= 4 is 28.3 Å². The van der Waals surface area contributed by atoms with Crippen LogP contribution < -0.4 is 5.32 Å². The Morgan fingerprint density at radius 3 is 2.83 bits per heavy atom. The maximum Gasteiger partial charge on any atom is 0.178 e. The minimum absolute atomic E-state index is 0.0940. The Morgan fingerprint density at radius 1 is 1.44 bits per heavy atom. The zero-order valence-electron chi connectivity index (χ0n) is 10.8. The summed E-state index contributed by atoms with van der Waals surface area (Å²) in [6.07, 6.45) is 1.85. The van der Waals surface area contributed by atoms with Gasteiger partial charge in [-0.15, -0.1) is 0 Å². The number of hydrogen-bond donors (Lipinski definition) is 1. The lowest BCUT2D eigenvalue weighted by molar-refractivity contribution is 0.0990. The van der Waals surface area contributed by atoms with Crippen LogP contribution in [0.4, 0.5) is 0 Å². The highest BCUT2D eigenvalue weighted by Crippen LogP contribution is 2.27. The van der Waals surface area contributed by atoms with Crippen LogP contribution in [-0.4, -0.2) is 22.9 Å². The second kappa shape index (κ2) is 5.12. The Morgan fingerprint density at radius 2 is 2.17 bits per heavy atom. The number of carbonyl (C=O) groups is 1. The lowest BCUT2D eigenvalue weighted by Gasteiger charge is -2.06. The third-order valence-electron chi connectivity index (χ3n) is 2.92. The molecule has 0 aliphatic rings. The molecule has 1 aromatic heterocycles. The van der Waals surface area contributed by atoms with Crippen LogP contribution in [0.15, 0.2) is 24.4 Å². The molecule has 0 aliphatic carbocycles. The fraction of sp³-hybridized carbons (Fsp3) is 0.357. The first-order valence-corrected chi connectivity index (χ1v) is 6.38. The van der Waals surface area contributed by atoms with Crippen molar-refractivity contribution in [3.05, 3.63) is 35.0 Å². The van der Waals surface area contributed by atoms with Crippen molar-refractivity contribution in [3.8, 4) is 0 Å². The van der Waals surface area contributed by atoms with Crippen LogP contribution in [-0.2, 0) is 7.05 Å². The van der Waals surface area contributed by atoms with Crippen molar-refractivity contribution in [2.45, 2.75) is 19.9 Å². The van der Waals surface area contributed by atoms with Crippen molar-refractivity contribution in [3.63, 3.8) is 0 Å². The third-order valence-corrected chi connectivity index (χ3v) is 3.23. The molecule has 0 aliphatic heterocycles. The summed E-state index contributed by atoms with van der Waals surface area (Å²) in [5, 5.41) is 4.73. The number of rotatable bonds is 4. The minimum atomic E-state index is 0.0940. The molecule has 0 fully saturated rings. The van der Waals surface area contributed by atoms with Gasteiger partial charge in [0.2, 0.25) is 0 Å². The van der Waals surface area contributed by atoms with Gasteiger partial charge in [0, 0.05) is 30.2 Å². The molecule has 0 bridgehead atoms. The molecule has 2 aromatic rings. The summed E-state index contributed by atoms with van der Waals surface area (Å²) in [6, 6.07) is 5.94. The Bertz CT molecular complexity index is 587. The van der Waals surface area contributed by atoms with E-state index in [9.17, 15) is 4.79 Å². The SMILES string of the molecule is CC(C)NCC(=O)c1cn(C)c2c(Cl)cccc12. The highest BCUT2D eigenvalue weighted by atomic mass is 35.5. The van der Waals surface area contributed by atoms with Crippen LogP contribution in [0, 0.1) is 0 Å². The number of aromatic nitrogens is 1. The van der Waals surface area contributed by atoms with Gasteiger partial charge in [0.15, 0.2) is 5.78 Å². The predicted molar refractivity (Wildman–Crippen MR) is 75.4 cm³/mol. The third kappa shape index (κ3) is 2.42. The standard InChI is InChI=1S/C14H17ClN2O/c1-9(2)16-7-13(18)11-8-17(3)14-10(11)5-4-6-12(14)15/h4-6,8-9,16H,7H2,1-3H3. The highest BCUT2D eigenvalue weighted by Gasteiger charge is 2.15. The fourth-order valence-electron chi connectivity index (χ4n) is 2.03. The van der Waals surface area contributed by atoms with E-state index in [1.54, 1.807) is 0 Å². The summed E-state index contributed by atoms with van der Waals surface area (Å²) in [5.74, 6) is 0.0940. The molecule has 1 aromatic carbocycles. The monoisotopic (exact) mass is 264 g/mol. The van der Waals surface area contributed by atoms with E-state index >= 15 is 0 Å². The normalized spacial score (nSPS) is 11.4. The van der Waals surface area contributed by atoms with Gasteiger partial charge in [0.25, 0.3) is 0 Å². The number of halogens is 1. The Kier molecular flexibility index (Phi) is 3.73. The molecule has 18 heavy (non-hydrogen) atoms. The van der Waals surface area contributed by atoms with Crippen LogP contribution in [0.3, 0.4) is 0 Å². The van der Waals surface area contributed by atoms with Crippen molar-refractivity contribution in [1.82, 2.24) is 9.88 Å². The van der Waals surface area contributed by atoms with Gasteiger partial charge in [-0.1, -0.05) is 37.6 Å². The van der Waals surface area contributed by atoms with Gasteiger partial charge < -0.3 is 9.88 Å². The van der Waals surface area contributed by atoms with Gasteiger partial charge in [-0.3, -0.25) is 4.79 Å². The van der Waals surface area contributed by atoms with Crippen molar-refractivity contribution in [2.75, 3.05) is 6.54 Å². The zero-order valence-corrected chi connectivity index (χ0v) is 11.6. The zero-order chi connectivity index (χ0) is 13.3. The van der Waals surface area contributed by atoms with E-state index in [1.807, 2.05) is 49.9 Å². The number of fused-ring (bicyclic) bond motifs is 1. The molecule has 1 heterocycles. The second-order valence-corrected chi connectivity index (χ2v) is 5.16. The van der Waals surface area contributed by atoms with Crippen LogP contribution in [0.5, 0.6) is 0 Å². The van der Waals surface area contributed by atoms with Gasteiger partial charge >= 0.3 is 0 Å². The van der Waals surface area contributed by atoms with Crippen molar-refractivity contribution < 1.29 is 4.79 Å². The van der Waals surface area contributed by atoms with Crippen LogP contribution in [0.2, 0.25) is 5.02 Å². The van der Waals surface area contributed by atoms with Crippen LogP contribution in [0.25, 0.3) is 10.9 Å². The molecule has 0 saturated heterocycles. The summed E-state index contributed by atoms with van der Waals surface area (Å²) < 4.78 is 1.90. The lowest BCUT2D eigenvalue weighted by atomic mass is 10.1. The summed E-state index contributed by atoms with van der Waals surface area (Å²) in [5.41, 5.74) is 1.63. The Labute approximate surface area is 112 Å². The molecule has 0 spiro atoms. The van der Waals surface area contributed by atoms with Gasteiger partial charge in [-0.2, -0.15) is 0 Å². The molecule has 96 valence electrons. The van der Waals surface area contributed by atoms with Crippen molar-refractivity contribution in [2.24, 2.45) is 7.05 Å². The Hall–Kier alpha value is -1.32. The highest BCUT2D eigenvalue weighted by molar-refractivity contribution is 6.35. The number of Topliss-reactive ketones (excluding diaryl/α,β-unsaturated/α-hetero) is 1. The quantitative estimate of drug-likeness (QED) is 0.862. The van der Waals surface area contributed by atoms with Gasteiger partial charge in [0.05, 0.1) is 17.1 Å². The molecule has 0 amide bonds. The molecule has 4 heteroatoms. The van der Waals surface area contributed by atoms with E-state index in [-0.39, 0.29) is 5.78 Å². The molecule has 3 nitrogen and oxygen atoms in total. The molecule has 0 radical (unpaired) electrons. The molecule has 1 N–H and O–H groups in total. The molecule has 2 rings (SSSR count). The maximum atomic E-state index is 12.2. The average Bonchev–Trinajstić information content (AvgIpc) is 2.65. The number of aryl methyl sites for hydroxylation is 1. The first-order valence-electron chi connectivity index (χ1n) is 6.01. The number of ketones is 1. The second-order valence-electron chi connectivity index (χ2n) is 4.75. The summed E-state index contributed by atoms with van der Waals surface area (Å²) >= 11 is 6.16. The summed E-state index contributed by atoms with van der Waals surface area (Å²) in [4.78, 5) is 12.2.